The first kappa shape index (κ1) is 17.2. The molecule has 3 heteroatoms. The van der Waals surface area contributed by atoms with Crippen molar-refractivity contribution >= 4 is 13.9 Å². The van der Waals surface area contributed by atoms with Gasteiger partial charge >= 0.3 is 5.97 Å². The van der Waals surface area contributed by atoms with E-state index in [2.05, 4.69) is 46.2 Å². The monoisotopic (exact) mass is 294 g/mol. The molecule has 20 heavy (non-hydrogen) atoms. The molecule has 0 aliphatic rings. The van der Waals surface area contributed by atoms with Crippen LogP contribution in [0, 0.1) is 5.41 Å². The lowest BCUT2D eigenvalue weighted by molar-refractivity contribution is -0.143. The van der Waals surface area contributed by atoms with Crippen molar-refractivity contribution in [3.8, 4) is 0 Å². The number of esters is 1. The maximum Gasteiger partial charge on any atom is 0.313 e. The number of hydrogen-bond acceptors (Lipinski definition) is 2. The molecule has 1 aromatic carbocycles. The fourth-order valence-corrected chi connectivity index (χ4v) is 3.48. The molecule has 0 fully saturated rings. The van der Waals surface area contributed by atoms with Gasteiger partial charge in [0.25, 0.3) is 0 Å². The van der Waals surface area contributed by atoms with E-state index in [1.54, 1.807) is 0 Å². The molecule has 0 aliphatic carbocycles. The van der Waals surface area contributed by atoms with E-state index in [-0.39, 0.29) is 25.0 Å². The van der Waals surface area contributed by atoms with Gasteiger partial charge in [-0.2, -0.15) is 0 Å². The van der Waals surface area contributed by atoms with E-state index >= 15 is 0 Å². The van der Waals surface area contributed by atoms with Crippen LogP contribution in [0.5, 0.6) is 0 Å². The summed E-state index contributed by atoms with van der Waals surface area (Å²) in [4.78, 5) is 12.2. The van der Waals surface area contributed by atoms with E-state index in [1.165, 1.54) is 5.56 Å². The first-order valence-electron chi connectivity index (χ1n) is 7.16. The smallest absolute Gasteiger partial charge is 0.313 e. The van der Waals surface area contributed by atoms with Crippen molar-refractivity contribution in [3.63, 3.8) is 0 Å². The van der Waals surface area contributed by atoms with Crippen molar-refractivity contribution < 1.29 is 9.53 Å². The Kier molecular flexibility index (Phi) is 6.68. The number of benzene rings is 1. The molecule has 1 rings (SSSR count). The highest BCUT2D eigenvalue weighted by Gasteiger charge is 2.28. The van der Waals surface area contributed by atoms with Crippen LogP contribution in [0.25, 0.3) is 0 Å². The molecule has 0 heterocycles. The fourth-order valence-electron chi connectivity index (χ4n) is 2.07. The van der Waals surface area contributed by atoms with Crippen LogP contribution in [0.1, 0.15) is 32.8 Å². The Morgan fingerprint density at radius 3 is 2.30 bits per heavy atom. The van der Waals surface area contributed by atoms with Gasteiger partial charge in [-0.05, 0) is 30.7 Å². The predicted octanol–water partition coefficient (Wildman–Crippen LogP) is 4.32. The van der Waals surface area contributed by atoms with Crippen molar-refractivity contribution in [2.45, 2.75) is 39.3 Å². The summed E-state index contributed by atoms with van der Waals surface area (Å²) in [5.41, 5.74) is 1.43. The average Bonchev–Trinajstić information content (AvgIpc) is 2.36. The zero-order valence-corrected chi connectivity index (χ0v) is 14.2. The predicted molar refractivity (Wildman–Crippen MR) is 87.7 cm³/mol. The Bertz CT molecular complexity index is 407. The lowest BCUT2D eigenvalue weighted by atomic mass is 9.90. The van der Waals surface area contributed by atoms with Gasteiger partial charge in [-0.25, -0.2) is 0 Å². The number of rotatable bonds is 6. The maximum atomic E-state index is 12.2. The molecule has 0 saturated heterocycles. The zero-order valence-electron chi connectivity index (χ0n) is 13.3. The van der Waals surface area contributed by atoms with Crippen LogP contribution < -0.4 is 0 Å². The normalized spacial score (nSPS) is 13.3. The molecular formula is C17H27O2P. The van der Waals surface area contributed by atoms with Gasteiger partial charge in [-0.15, -0.1) is 0 Å². The molecule has 1 aromatic rings. The first-order chi connectivity index (χ1) is 9.29. The van der Waals surface area contributed by atoms with Gasteiger partial charge < -0.3 is 4.74 Å². The number of ether oxygens (including phenoxy) is 1. The summed E-state index contributed by atoms with van der Waals surface area (Å²) in [6.45, 7) is 11.3. The third-order valence-electron chi connectivity index (χ3n) is 3.18. The number of hydrogen-bond donors (Lipinski definition) is 0. The molecule has 0 radical (unpaired) electrons. The van der Waals surface area contributed by atoms with Crippen LogP contribution in [0.15, 0.2) is 30.3 Å². The minimum Gasteiger partial charge on any atom is -0.465 e. The highest BCUT2D eigenvalue weighted by Crippen LogP contribution is 2.40. The molecule has 1 unspecified atom stereocenters. The van der Waals surface area contributed by atoms with Crippen molar-refractivity contribution in [1.82, 2.24) is 0 Å². The largest absolute Gasteiger partial charge is 0.465 e. The first-order valence-corrected chi connectivity index (χ1v) is 9.47. The second-order valence-electron chi connectivity index (χ2n) is 6.65. The standard InChI is InChI=1S/C17H27O2P/c1-17(2,3)13-15(20(4)5)16(18)19-12-11-14-9-7-6-8-10-14/h6-10,15H,11-13H2,1-5H3. The summed E-state index contributed by atoms with van der Waals surface area (Å²) in [6, 6.07) is 10.1. The molecule has 0 bridgehead atoms. The van der Waals surface area contributed by atoms with Gasteiger partial charge in [0.1, 0.15) is 0 Å². The van der Waals surface area contributed by atoms with Gasteiger partial charge in [0.05, 0.1) is 12.3 Å². The summed E-state index contributed by atoms with van der Waals surface area (Å²) < 4.78 is 5.49. The lowest BCUT2D eigenvalue weighted by Gasteiger charge is -2.27. The van der Waals surface area contributed by atoms with Crippen molar-refractivity contribution in [1.29, 1.82) is 0 Å². The van der Waals surface area contributed by atoms with E-state index in [0.29, 0.717) is 6.61 Å². The summed E-state index contributed by atoms with van der Waals surface area (Å²) in [6.07, 6.45) is 1.69. The van der Waals surface area contributed by atoms with Crippen LogP contribution in [0.3, 0.4) is 0 Å². The van der Waals surface area contributed by atoms with Crippen molar-refractivity contribution in [2.75, 3.05) is 19.9 Å². The topological polar surface area (TPSA) is 26.3 Å². The Hall–Kier alpha value is -0.880. The van der Waals surface area contributed by atoms with Gasteiger partial charge in [0.2, 0.25) is 0 Å². The second kappa shape index (κ2) is 7.78. The summed E-state index contributed by atoms with van der Waals surface area (Å²) >= 11 is 0. The minimum absolute atomic E-state index is 0.0213. The van der Waals surface area contributed by atoms with Gasteiger partial charge in [-0.3, -0.25) is 4.79 Å². The van der Waals surface area contributed by atoms with E-state index in [9.17, 15) is 4.79 Å². The Balaban J connectivity index is 2.46. The molecule has 0 N–H and O–H groups in total. The SMILES string of the molecule is CP(C)C(CC(C)(C)C)C(=O)OCCc1ccccc1. The second-order valence-corrected chi connectivity index (χ2v) is 9.20. The van der Waals surface area contributed by atoms with Gasteiger partial charge in [-0.1, -0.05) is 59.0 Å². The molecule has 0 spiro atoms. The van der Waals surface area contributed by atoms with Crippen molar-refractivity contribution in [2.24, 2.45) is 5.41 Å². The average molecular weight is 294 g/mol. The fraction of sp³-hybridized carbons (Fsp3) is 0.588. The molecule has 0 aromatic heterocycles. The molecule has 1 atom stereocenters. The third kappa shape index (κ3) is 6.52. The maximum absolute atomic E-state index is 12.2. The minimum atomic E-state index is -0.313. The van der Waals surface area contributed by atoms with Gasteiger partial charge in [0.15, 0.2) is 0 Å². The Labute approximate surface area is 124 Å². The quantitative estimate of drug-likeness (QED) is 0.577. The van der Waals surface area contributed by atoms with Crippen molar-refractivity contribution in [3.05, 3.63) is 35.9 Å². The van der Waals surface area contributed by atoms with Crippen LogP contribution in [0.4, 0.5) is 0 Å². The molecule has 0 saturated carbocycles. The van der Waals surface area contributed by atoms with Crippen LogP contribution >= 0.6 is 7.92 Å². The van der Waals surface area contributed by atoms with E-state index < -0.39 is 0 Å². The van der Waals surface area contributed by atoms with Crippen LogP contribution in [-0.4, -0.2) is 31.6 Å². The summed E-state index contributed by atoms with van der Waals surface area (Å²) in [7, 11) is -0.313. The summed E-state index contributed by atoms with van der Waals surface area (Å²) in [5, 5.41) is 0. The lowest BCUT2D eigenvalue weighted by Crippen LogP contribution is -2.27. The summed E-state index contributed by atoms with van der Waals surface area (Å²) in [5.74, 6) is -0.0213. The van der Waals surface area contributed by atoms with Crippen LogP contribution in [0.2, 0.25) is 0 Å². The highest BCUT2D eigenvalue weighted by atomic mass is 31.1. The van der Waals surface area contributed by atoms with Gasteiger partial charge in [0, 0.05) is 6.42 Å². The molecule has 112 valence electrons. The number of carbonyl (C=O) groups excluding carboxylic acids is 1. The van der Waals surface area contributed by atoms with E-state index in [4.69, 9.17) is 4.74 Å². The Morgan fingerprint density at radius 2 is 1.80 bits per heavy atom. The van der Waals surface area contributed by atoms with E-state index in [1.807, 2.05) is 18.2 Å². The molecule has 2 nitrogen and oxygen atoms in total. The zero-order chi connectivity index (χ0) is 15.2. The van der Waals surface area contributed by atoms with Crippen LogP contribution in [-0.2, 0) is 16.0 Å². The van der Waals surface area contributed by atoms with E-state index in [0.717, 1.165) is 12.8 Å². The molecule has 0 aliphatic heterocycles. The molecular weight excluding hydrogens is 267 g/mol. The highest BCUT2D eigenvalue weighted by molar-refractivity contribution is 7.57. The molecule has 0 amide bonds. The Morgan fingerprint density at radius 1 is 1.20 bits per heavy atom. The third-order valence-corrected chi connectivity index (χ3v) is 4.82. The number of carbonyl (C=O) groups is 1.